The first kappa shape index (κ1) is 20.3. The lowest BCUT2D eigenvalue weighted by Gasteiger charge is -2.16. The third-order valence-electron chi connectivity index (χ3n) is 4.60. The minimum absolute atomic E-state index is 0.106. The van der Waals surface area contributed by atoms with Crippen molar-refractivity contribution in [3.8, 4) is 11.1 Å². The summed E-state index contributed by atoms with van der Waals surface area (Å²) in [5.74, 6) is 0. The van der Waals surface area contributed by atoms with E-state index in [-0.39, 0.29) is 6.61 Å². The molecule has 4 nitrogen and oxygen atoms in total. The molecule has 0 amide bonds. The molecule has 0 heterocycles. The molecular formula is C23H24BrN3O. The molecule has 1 aliphatic rings. The second kappa shape index (κ2) is 9.64. The standard InChI is InChI=1S/C23H24BrN3O/c1-16-20(18-6-3-2-4-7-18)8-5-9-22(16)27-15-19-12-17(14-26-10-11-28)13-21(24)23(19)25/h2-9,12-13,15,25-28H,10-11,14H2,1H3/b19-15-,25-23?. The Morgan fingerprint density at radius 2 is 1.86 bits per heavy atom. The van der Waals surface area contributed by atoms with E-state index in [1.165, 1.54) is 11.1 Å². The molecule has 2 aromatic carbocycles. The van der Waals surface area contributed by atoms with Crippen LogP contribution in [0.3, 0.4) is 0 Å². The van der Waals surface area contributed by atoms with Crippen LogP contribution in [0.4, 0.5) is 5.69 Å². The first-order chi connectivity index (χ1) is 13.6. The molecule has 0 aromatic heterocycles. The van der Waals surface area contributed by atoms with E-state index in [1.54, 1.807) is 0 Å². The highest BCUT2D eigenvalue weighted by Gasteiger charge is 2.14. The van der Waals surface area contributed by atoms with Crippen LogP contribution < -0.4 is 10.6 Å². The Kier molecular flexibility index (Phi) is 6.98. The number of hydrogen-bond acceptors (Lipinski definition) is 4. The van der Waals surface area contributed by atoms with Crippen LogP contribution in [0.15, 0.2) is 82.5 Å². The summed E-state index contributed by atoms with van der Waals surface area (Å²) in [5, 5.41) is 23.8. The van der Waals surface area contributed by atoms with Crippen molar-refractivity contribution in [1.82, 2.24) is 5.32 Å². The normalized spacial score (nSPS) is 15.4. The Morgan fingerprint density at radius 3 is 2.61 bits per heavy atom. The molecule has 0 saturated carbocycles. The predicted molar refractivity (Wildman–Crippen MR) is 121 cm³/mol. The second-order valence-corrected chi connectivity index (χ2v) is 7.43. The molecule has 0 unspecified atom stereocenters. The predicted octanol–water partition coefficient (Wildman–Crippen LogP) is 4.78. The Labute approximate surface area is 174 Å². The van der Waals surface area contributed by atoms with Crippen LogP contribution in [0.5, 0.6) is 0 Å². The van der Waals surface area contributed by atoms with Crippen LogP contribution >= 0.6 is 15.9 Å². The first-order valence-electron chi connectivity index (χ1n) is 9.20. The van der Waals surface area contributed by atoms with Gasteiger partial charge in [0.2, 0.25) is 0 Å². The van der Waals surface area contributed by atoms with E-state index >= 15 is 0 Å². The summed E-state index contributed by atoms with van der Waals surface area (Å²) in [7, 11) is 0. The van der Waals surface area contributed by atoms with Crippen molar-refractivity contribution >= 4 is 27.3 Å². The molecule has 0 atom stereocenters. The average molecular weight is 438 g/mol. The van der Waals surface area contributed by atoms with E-state index in [4.69, 9.17) is 10.5 Å². The van der Waals surface area contributed by atoms with E-state index in [1.807, 2.05) is 48.7 Å². The zero-order chi connectivity index (χ0) is 19.9. The van der Waals surface area contributed by atoms with Crippen molar-refractivity contribution < 1.29 is 5.11 Å². The lowest BCUT2D eigenvalue weighted by Crippen LogP contribution is -2.22. The molecule has 0 saturated heterocycles. The number of benzene rings is 2. The van der Waals surface area contributed by atoms with Crippen LogP contribution in [0, 0.1) is 12.3 Å². The number of halogens is 1. The average Bonchev–Trinajstić information content (AvgIpc) is 2.71. The molecule has 4 N–H and O–H groups in total. The molecule has 0 fully saturated rings. The monoisotopic (exact) mass is 437 g/mol. The van der Waals surface area contributed by atoms with Gasteiger partial charge in [0.1, 0.15) is 0 Å². The molecule has 28 heavy (non-hydrogen) atoms. The molecule has 144 valence electrons. The summed E-state index contributed by atoms with van der Waals surface area (Å²) in [6.45, 7) is 3.40. The van der Waals surface area contributed by atoms with E-state index in [2.05, 4.69) is 51.7 Å². The van der Waals surface area contributed by atoms with Crippen LogP contribution in [-0.4, -0.2) is 30.5 Å². The van der Waals surface area contributed by atoms with Crippen molar-refractivity contribution in [2.75, 3.05) is 25.0 Å². The summed E-state index contributed by atoms with van der Waals surface area (Å²) in [6, 6.07) is 16.5. The molecule has 5 heteroatoms. The number of allylic oxidation sites excluding steroid dienone is 3. The highest BCUT2D eigenvalue weighted by Crippen LogP contribution is 2.29. The zero-order valence-corrected chi connectivity index (χ0v) is 17.4. The van der Waals surface area contributed by atoms with E-state index in [0.29, 0.717) is 18.8 Å². The molecule has 0 radical (unpaired) electrons. The van der Waals surface area contributed by atoms with Gasteiger partial charge in [-0.1, -0.05) is 42.5 Å². The maximum atomic E-state index is 8.92. The van der Waals surface area contributed by atoms with Gasteiger partial charge in [-0.2, -0.15) is 0 Å². The van der Waals surface area contributed by atoms with Crippen LogP contribution in [-0.2, 0) is 0 Å². The molecule has 1 aliphatic carbocycles. The van der Waals surface area contributed by atoms with Gasteiger partial charge in [0.25, 0.3) is 0 Å². The van der Waals surface area contributed by atoms with Gasteiger partial charge in [-0.15, -0.1) is 0 Å². The maximum Gasteiger partial charge on any atom is 0.0769 e. The molecule has 0 bridgehead atoms. The van der Waals surface area contributed by atoms with Crippen molar-refractivity contribution in [1.29, 1.82) is 5.41 Å². The van der Waals surface area contributed by atoms with Gasteiger partial charge >= 0.3 is 0 Å². The van der Waals surface area contributed by atoms with Crippen LogP contribution in [0.25, 0.3) is 11.1 Å². The molecule has 3 rings (SSSR count). The van der Waals surface area contributed by atoms with Crippen molar-refractivity contribution in [3.63, 3.8) is 0 Å². The molecule has 0 aliphatic heterocycles. The quantitative estimate of drug-likeness (QED) is 0.471. The van der Waals surface area contributed by atoms with Gasteiger partial charge in [-0.05, 0) is 63.3 Å². The Balaban J connectivity index is 1.83. The minimum Gasteiger partial charge on any atom is -0.395 e. The van der Waals surface area contributed by atoms with Crippen LogP contribution in [0.1, 0.15) is 5.56 Å². The number of anilines is 1. The third kappa shape index (κ3) is 4.87. The van der Waals surface area contributed by atoms with E-state index in [9.17, 15) is 0 Å². The van der Waals surface area contributed by atoms with E-state index < -0.39 is 0 Å². The second-order valence-electron chi connectivity index (χ2n) is 6.58. The first-order valence-corrected chi connectivity index (χ1v) is 10.00. The van der Waals surface area contributed by atoms with Crippen LogP contribution in [0.2, 0.25) is 0 Å². The maximum absolute atomic E-state index is 8.92. The lowest BCUT2D eigenvalue weighted by atomic mass is 9.98. The number of nitrogens with one attached hydrogen (secondary N) is 3. The molecular weight excluding hydrogens is 414 g/mol. The Morgan fingerprint density at radius 1 is 1.07 bits per heavy atom. The fraction of sp³-hybridized carbons (Fsp3) is 0.174. The number of aliphatic hydroxyl groups is 1. The van der Waals surface area contributed by atoms with E-state index in [0.717, 1.165) is 26.9 Å². The van der Waals surface area contributed by atoms with Gasteiger partial charge < -0.3 is 15.7 Å². The fourth-order valence-corrected chi connectivity index (χ4v) is 3.61. The topological polar surface area (TPSA) is 68.1 Å². The summed E-state index contributed by atoms with van der Waals surface area (Å²) in [6.07, 6.45) is 5.80. The third-order valence-corrected chi connectivity index (χ3v) is 5.23. The SMILES string of the molecule is Cc1c(N/C=C2/C=C(CNCCO)C=C(Br)C2=N)cccc1-c1ccccc1. The summed E-state index contributed by atoms with van der Waals surface area (Å²) in [5.41, 5.74) is 6.85. The van der Waals surface area contributed by atoms with Crippen molar-refractivity contribution in [2.45, 2.75) is 6.92 Å². The van der Waals surface area contributed by atoms with Crippen molar-refractivity contribution in [2.24, 2.45) is 0 Å². The van der Waals surface area contributed by atoms with Gasteiger partial charge in [-0.3, -0.25) is 5.41 Å². The van der Waals surface area contributed by atoms with Gasteiger partial charge in [-0.25, -0.2) is 0 Å². The Hall–Kier alpha value is -2.47. The van der Waals surface area contributed by atoms with Gasteiger partial charge in [0, 0.05) is 35.0 Å². The minimum atomic E-state index is 0.106. The largest absolute Gasteiger partial charge is 0.395 e. The molecule has 0 spiro atoms. The lowest BCUT2D eigenvalue weighted by molar-refractivity contribution is 0.294. The highest BCUT2D eigenvalue weighted by molar-refractivity contribution is 9.12. The fourth-order valence-electron chi connectivity index (χ4n) is 3.09. The summed E-state index contributed by atoms with van der Waals surface area (Å²) >= 11 is 3.48. The summed E-state index contributed by atoms with van der Waals surface area (Å²) in [4.78, 5) is 0. The zero-order valence-electron chi connectivity index (χ0n) is 15.8. The Bertz CT molecular complexity index is 946. The highest BCUT2D eigenvalue weighted by atomic mass is 79.9. The smallest absolute Gasteiger partial charge is 0.0769 e. The van der Waals surface area contributed by atoms with Crippen molar-refractivity contribution in [3.05, 3.63) is 88.1 Å². The summed E-state index contributed by atoms with van der Waals surface area (Å²) < 4.78 is 0.749. The number of rotatable bonds is 7. The molecule has 2 aromatic rings. The number of hydrogen-bond donors (Lipinski definition) is 4. The van der Waals surface area contributed by atoms with Gasteiger partial charge in [0.15, 0.2) is 0 Å². The van der Waals surface area contributed by atoms with Gasteiger partial charge in [0.05, 0.1) is 12.3 Å². The number of aliphatic hydroxyl groups excluding tert-OH is 1.